The number of para-hydroxylation sites is 1. The van der Waals surface area contributed by atoms with Crippen LogP contribution in [0.2, 0.25) is 0 Å². The van der Waals surface area contributed by atoms with Crippen LogP contribution in [0.5, 0.6) is 0 Å². The van der Waals surface area contributed by atoms with E-state index in [1.165, 1.54) is 11.1 Å². The molecule has 142 valence electrons. The number of fused-ring (bicyclic) bond motifs is 2. The van der Waals surface area contributed by atoms with Gasteiger partial charge in [0.1, 0.15) is 0 Å². The molecule has 28 heavy (non-hydrogen) atoms. The monoisotopic (exact) mass is 374 g/mol. The standard InChI is InChI=1S/C23H22N2O3/c1-14-19-8-3-4-9-20(19)24-15(2)22(14)23(27)28-13-21(26)25-18-11-10-16-6-5-7-17(16)12-18/h3-4,8-12H,5-7,13H2,1-2H3,(H,25,26). The highest BCUT2D eigenvalue weighted by Crippen LogP contribution is 2.25. The Kier molecular flexibility index (Phi) is 4.82. The van der Waals surface area contributed by atoms with Crippen molar-refractivity contribution in [3.05, 3.63) is 70.4 Å². The number of pyridine rings is 1. The zero-order valence-electron chi connectivity index (χ0n) is 16.0. The number of carbonyl (C=O) groups is 2. The molecule has 1 amide bonds. The largest absolute Gasteiger partial charge is 0.452 e. The molecule has 1 aromatic heterocycles. The topological polar surface area (TPSA) is 68.3 Å². The molecule has 4 rings (SSSR count). The fraction of sp³-hybridized carbons (Fsp3) is 0.261. The van der Waals surface area contributed by atoms with Gasteiger partial charge >= 0.3 is 5.97 Å². The Morgan fingerprint density at radius 3 is 2.71 bits per heavy atom. The van der Waals surface area contributed by atoms with E-state index >= 15 is 0 Å². The fourth-order valence-electron chi connectivity index (χ4n) is 3.88. The molecule has 5 heteroatoms. The average molecular weight is 374 g/mol. The molecule has 0 fully saturated rings. The molecule has 3 aromatic rings. The van der Waals surface area contributed by atoms with Crippen molar-refractivity contribution < 1.29 is 14.3 Å². The quantitative estimate of drug-likeness (QED) is 0.697. The number of rotatable bonds is 4. The number of hydrogen-bond acceptors (Lipinski definition) is 4. The minimum atomic E-state index is -0.530. The molecule has 1 aliphatic rings. The van der Waals surface area contributed by atoms with Gasteiger partial charge in [-0.25, -0.2) is 4.79 Å². The molecular formula is C23H22N2O3. The molecule has 1 aliphatic carbocycles. The highest BCUT2D eigenvalue weighted by Gasteiger charge is 2.19. The van der Waals surface area contributed by atoms with Crippen LogP contribution >= 0.6 is 0 Å². The molecule has 0 unspecified atom stereocenters. The van der Waals surface area contributed by atoms with Crippen LogP contribution in [0.3, 0.4) is 0 Å². The first-order valence-corrected chi connectivity index (χ1v) is 9.47. The van der Waals surface area contributed by atoms with E-state index in [0.717, 1.165) is 41.4 Å². The first-order valence-electron chi connectivity index (χ1n) is 9.47. The number of anilines is 1. The molecule has 5 nitrogen and oxygen atoms in total. The zero-order chi connectivity index (χ0) is 19.7. The molecule has 1 heterocycles. The van der Waals surface area contributed by atoms with Gasteiger partial charge in [0.15, 0.2) is 6.61 Å². The van der Waals surface area contributed by atoms with Crippen molar-refractivity contribution in [2.45, 2.75) is 33.1 Å². The maximum atomic E-state index is 12.6. The van der Waals surface area contributed by atoms with Crippen molar-refractivity contribution in [1.82, 2.24) is 4.98 Å². The number of hydrogen-bond donors (Lipinski definition) is 1. The average Bonchev–Trinajstić information content (AvgIpc) is 3.14. The second-order valence-electron chi connectivity index (χ2n) is 7.18. The molecule has 0 saturated carbocycles. The fourth-order valence-corrected chi connectivity index (χ4v) is 3.88. The summed E-state index contributed by atoms with van der Waals surface area (Å²) in [6.45, 7) is 3.32. The molecule has 0 bridgehead atoms. The van der Waals surface area contributed by atoms with Crippen LogP contribution in [-0.2, 0) is 22.4 Å². The van der Waals surface area contributed by atoms with Gasteiger partial charge in [-0.15, -0.1) is 0 Å². The summed E-state index contributed by atoms with van der Waals surface area (Å²) in [4.78, 5) is 29.3. The molecule has 0 saturated heterocycles. The van der Waals surface area contributed by atoms with Crippen LogP contribution in [0.25, 0.3) is 10.9 Å². The SMILES string of the molecule is Cc1nc2ccccc2c(C)c1C(=O)OCC(=O)Nc1ccc2c(c1)CCC2. The van der Waals surface area contributed by atoms with Gasteiger partial charge in [0.2, 0.25) is 0 Å². The molecular weight excluding hydrogens is 352 g/mol. The van der Waals surface area contributed by atoms with Gasteiger partial charge in [0.05, 0.1) is 16.8 Å². The number of nitrogens with zero attached hydrogens (tertiary/aromatic N) is 1. The number of ether oxygens (including phenoxy) is 1. The molecule has 0 atom stereocenters. The summed E-state index contributed by atoms with van der Waals surface area (Å²) < 4.78 is 5.27. The van der Waals surface area contributed by atoms with Gasteiger partial charge in [0.25, 0.3) is 5.91 Å². The normalized spacial score (nSPS) is 12.6. The summed E-state index contributed by atoms with van der Waals surface area (Å²) in [5.74, 6) is -0.882. The van der Waals surface area contributed by atoms with Crippen molar-refractivity contribution in [2.24, 2.45) is 0 Å². The van der Waals surface area contributed by atoms with E-state index in [9.17, 15) is 9.59 Å². The van der Waals surface area contributed by atoms with Crippen molar-refractivity contribution in [1.29, 1.82) is 0 Å². The highest BCUT2D eigenvalue weighted by atomic mass is 16.5. The summed E-state index contributed by atoms with van der Waals surface area (Å²) in [5.41, 5.74) is 6.03. The Balaban J connectivity index is 1.44. The number of benzene rings is 2. The van der Waals surface area contributed by atoms with Crippen LogP contribution in [0, 0.1) is 13.8 Å². The van der Waals surface area contributed by atoms with E-state index in [1.807, 2.05) is 43.3 Å². The van der Waals surface area contributed by atoms with E-state index in [-0.39, 0.29) is 12.5 Å². The third-order valence-electron chi connectivity index (χ3n) is 5.25. The van der Waals surface area contributed by atoms with E-state index in [4.69, 9.17) is 4.74 Å². The van der Waals surface area contributed by atoms with Gasteiger partial charge in [-0.1, -0.05) is 24.3 Å². The predicted octanol–water partition coefficient (Wildman–Crippen LogP) is 4.14. The lowest BCUT2D eigenvalue weighted by atomic mass is 10.0. The van der Waals surface area contributed by atoms with Crippen molar-refractivity contribution in [3.63, 3.8) is 0 Å². The van der Waals surface area contributed by atoms with Crippen molar-refractivity contribution >= 4 is 28.5 Å². The lowest BCUT2D eigenvalue weighted by molar-refractivity contribution is -0.119. The molecule has 0 aliphatic heterocycles. The van der Waals surface area contributed by atoms with E-state index in [2.05, 4.69) is 16.4 Å². The van der Waals surface area contributed by atoms with Crippen LogP contribution < -0.4 is 5.32 Å². The first-order chi connectivity index (χ1) is 13.5. The lowest BCUT2D eigenvalue weighted by Crippen LogP contribution is -2.22. The Morgan fingerprint density at radius 1 is 1.07 bits per heavy atom. The van der Waals surface area contributed by atoms with Crippen LogP contribution in [0.15, 0.2) is 42.5 Å². The third-order valence-corrected chi connectivity index (χ3v) is 5.25. The number of carbonyl (C=O) groups excluding carboxylic acids is 2. The Morgan fingerprint density at radius 2 is 1.86 bits per heavy atom. The van der Waals surface area contributed by atoms with Crippen LogP contribution in [0.4, 0.5) is 5.69 Å². The maximum Gasteiger partial charge on any atom is 0.340 e. The maximum absolute atomic E-state index is 12.6. The lowest BCUT2D eigenvalue weighted by Gasteiger charge is -2.12. The Labute approximate surface area is 163 Å². The second-order valence-corrected chi connectivity index (χ2v) is 7.18. The summed E-state index contributed by atoms with van der Waals surface area (Å²) in [6, 6.07) is 13.6. The summed E-state index contributed by atoms with van der Waals surface area (Å²) in [6.07, 6.45) is 3.30. The van der Waals surface area contributed by atoms with Gasteiger partial charge in [0, 0.05) is 11.1 Å². The minimum Gasteiger partial charge on any atom is -0.452 e. The zero-order valence-corrected chi connectivity index (χ0v) is 16.0. The van der Waals surface area contributed by atoms with Crippen molar-refractivity contribution in [2.75, 3.05) is 11.9 Å². The van der Waals surface area contributed by atoms with Gasteiger partial charge < -0.3 is 10.1 Å². The van der Waals surface area contributed by atoms with E-state index in [0.29, 0.717) is 11.3 Å². The minimum absolute atomic E-state index is 0.332. The summed E-state index contributed by atoms with van der Waals surface area (Å²) in [7, 11) is 0. The Bertz CT molecular complexity index is 1090. The summed E-state index contributed by atoms with van der Waals surface area (Å²) in [5, 5.41) is 3.71. The van der Waals surface area contributed by atoms with Crippen molar-refractivity contribution in [3.8, 4) is 0 Å². The van der Waals surface area contributed by atoms with Gasteiger partial charge in [-0.05, 0) is 68.0 Å². The van der Waals surface area contributed by atoms with E-state index < -0.39 is 5.97 Å². The third kappa shape index (κ3) is 3.48. The number of nitrogens with one attached hydrogen (secondary N) is 1. The number of aryl methyl sites for hydroxylation is 4. The molecule has 0 spiro atoms. The highest BCUT2D eigenvalue weighted by molar-refractivity contribution is 6.00. The predicted molar refractivity (Wildman–Crippen MR) is 109 cm³/mol. The van der Waals surface area contributed by atoms with Gasteiger partial charge in [-0.2, -0.15) is 0 Å². The van der Waals surface area contributed by atoms with E-state index in [1.54, 1.807) is 6.92 Å². The molecule has 2 aromatic carbocycles. The number of esters is 1. The molecule has 1 N–H and O–H groups in total. The Hall–Kier alpha value is -3.21. The second kappa shape index (κ2) is 7.43. The molecule has 0 radical (unpaired) electrons. The number of aromatic nitrogens is 1. The van der Waals surface area contributed by atoms with Crippen LogP contribution in [0.1, 0.15) is 39.2 Å². The van der Waals surface area contributed by atoms with Crippen LogP contribution in [-0.4, -0.2) is 23.5 Å². The smallest absolute Gasteiger partial charge is 0.340 e. The number of amides is 1. The first kappa shape index (κ1) is 18.2. The van der Waals surface area contributed by atoms with Gasteiger partial charge in [-0.3, -0.25) is 9.78 Å². The summed E-state index contributed by atoms with van der Waals surface area (Å²) >= 11 is 0.